The summed E-state index contributed by atoms with van der Waals surface area (Å²) in [6.07, 6.45) is 2.84. The molecule has 0 saturated carbocycles. The molecule has 0 saturated heterocycles. The van der Waals surface area contributed by atoms with Crippen LogP contribution >= 0.6 is 0 Å². The van der Waals surface area contributed by atoms with Gasteiger partial charge in [0, 0.05) is 0 Å². The lowest BCUT2D eigenvalue weighted by Gasteiger charge is -2.06. The zero-order chi connectivity index (χ0) is 13.9. The molecule has 2 aromatic heterocycles. The normalized spacial score (nSPS) is 10.4. The van der Waals surface area contributed by atoms with Crippen molar-refractivity contribution in [3.63, 3.8) is 0 Å². The molecule has 8 nitrogen and oxygen atoms in total. The number of nitrogen functional groups attached to an aromatic ring is 1. The first-order valence-electron chi connectivity index (χ1n) is 5.82. The van der Waals surface area contributed by atoms with Gasteiger partial charge < -0.3 is 10.5 Å². The van der Waals surface area contributed by atoms with E-state index in [1.54, 1.807) is 0 Å². The molecule has 3 rings (SSSR count). The average Bonchev–Trinajstić information content (AvgIpc) is 2.91. The molecule has 0 aliphatic heterocycles. The van der Waals surface area contributed by atoms with Crippen molar-refractivity contribution >= 4 is 5.95 Å². The van der Waals surface area contributed by atoms with Gasteiger partial charge in [-0.15, -0.1) is 0 Å². The molecule has 20 heavy (non-hydrogen) atoms. The van der Waals surface area contributed by atoms with Crippen molar-refractivity contribution in [1.29, 1.82) is 0 Å². The zero-order valence-corrected chi connectivity index (χ0v) is 10.6. The Kier molecular flexibility index (Phi) is 2.96. The maximum absolute atomic E-state index is 5.65. The summed E-state index contributed by atoms with van der Waals surface area (Å²) in [5.41, 5.74) is 6.72. The first kappa shape index (κ1) is 12.0. The zero-order valence-electron chi connectivity index (χ0n) is 10.6. The fourth-order valence-corrected chi connectivity index (χ4v) is 1.60. The van der Waals surface area contributed by atoms with Gasteiger partial charge in [-0.2, -0.15) is 24.7 Å². The molecule has 8 heteroatoms. The predicted molar refractivity (Wildman–Crippen MR) is 70.4 cm³/mol. The van der Waals surface area contributed by atoms with E-state index in [-0.39, 0.29) is 17.9 Å². The molecule has 0 radical (unpaired) electrons. The van der Waals surface area contributed by atoms with Gasteiger partial charge in [0.15, 0.2) is 0 Å². The Hall–Kier alpha value is -3.03. The van der Waals surface area contributed by atoms with Crippen molar-refractivity contribution in [2.45, 2.75) is 6.92 Å². The van der Waals surface area contributed by atoms with Crippen LogP contribution in [0.3, 0.4) is 0 Å². The van der Waals surface area contributed by atoms with Crippen molar-refractivity contribution in [2.24, 2.45) is 0 Å². The summed E-state index contributed by atoms with van der Waals surface area (Å²) in [6, 6.07) is 7.63. The number of ether oxygens (including phenoxy) is 1. The Balaban J connectivity index is 1.94. The van der Waals surface area contributed by atoms with Crippen LogP contribution < -0.4 is 10.5 Å². The molecule has 1 aromatic carbocycles. The summed E-state index contributed by atoms with van der Waals surface area (Å²) in [5.74, 6) is 0.922. The third-order valence-electron chi connectivity index (χ3n) is 2.44. The average molecular weight is 269 g/mol. The Morgan fingerprint density at radius 1 is 1.20 bits per heavy atom. The third-order valence-corrected chi connectivity index (χ3v) is 2.44. The quantitative estimate of drug-likeness (QED) is 0.759. The molecule has 3 aromatic rings. The number of aryl methyl sites for hydroxylation is 1. The van der Waals surface area contributed by atoms with Gasteiger partial charge in [0.25, 0.3) is 5.95 Å². The lowest BCUT2D eigenvalue weighted by molar-refractivity contribution is 0.438. The van der Waals surface area contributed by atoms with E-state index in [2.05, 4.69) is 25.0 Å². The van der Waals surface area contributed by atoms with Crippen LogP contribution in [-0.2, 0) is 0 Å². The van der Waals surface area contributed by atoms with Gasteiger partial charge in [-0.05, 0) is 24.6 Å². The highest BCUT2D eigenvalue weighted by molar-refractivity contribution is 5.31. The molecule has 0 amide bonds. The molecule has 2 N–H and O–H groups in total. The molecule has 0 fully saturated rings. The van der Waals surface area contributed by atoms with Gasteiger partial charge in [0.1, 0.15) is 18.4 Å². The summed E-state index contributed by atoms with van der Waals surface area (Å²) < 4.78 is 6.95. The smallest absolute Gasteiger partial charge is 0.328 e. The molecule has 0 atom stereocenters. The summed E-state index contributed by atoms with van der Waals surface area (Å²) >= 11 is 0. The Bertz CT molecular complexity index is 726. The van der Waals surface area contributed by atoms with E-state index in [1.807, 2.05) is 31.2 Å². The van der Waals surface area contributed by atoms with E-state index in [9.17, 15) is 0 Å². The standard InChI is InChI=1S/C12H11N7O/c1-8-3-2-4-9(5-8)20-12-17-10(13)16-11(18-12)19-7-14-6-15-19/h2-7H,1H3,(H2,13,16,17,18). The number of benzene rings is 1. The van der Waals surface area contributed by atoms with Crippen molar-refractivity contribution in [2.75, 3.05) is 5.73 Å². The Morgan fingerprint density at radius 2 is 2.10 bits per heavy atom. The second kappa shape index (κ2) is 4.92. The second-order valence-corrected chi connectivity index (χ2v) is 4.03. The van der Waals surface area contributed by atoms with Crippen LogP contribution in [-0.4, -0.2) is 29.7 Å². The highest BCUT2D eigenvalue weighted by Crippen LogP contribution is 2.19. The molecule has 0 unspecified atom stereocenters. The number of hydrogen-bond donors (Lipinski definition) is 1. The topological polar surface area (TPSA) is 105 Å². The minimum Gasteiger partial charge on any atom is -0.424 e. The van der Waals surface area contributed by atoms with Crippen molar-refractivity contribution < 1.29 is 4.74 Å². The lowest BCUT2D eigenvalue weighted by Crippen LogP contribution is -2.07. The van der Waals surface area contributed by atoms with E-state index >= 15 is 0 Å². The molecule has 0 aliphatic carbocycles. The Labute approximate surface area is 114 Å². The number of hydrogen-bond acceptors (Lipinski definition) is 7. The van der Waals surface area contributed by atoms with Crippen LogP contribution in [0.15, 0.2) is 36.9 Å². The largest absolute Gasteiger partial charge is 0.424 e. The third kappa shape index (κ3) is 2.53. The second-order valence-electron chi connectivity index (χ2n) is 4.03. The van der Waals surface area contributed by atoms with E-state index < -0.39 is 0 Å². The summed E-state index contributed by atoms with van der Waals surface area (Å²) in [4.78, 5) is 15.9. The number of nitrogens with two attached hydrogens (primary N) is 1. The Morgan fingerprint density at radius 3 is 2.85 bits per heavy atom. The van der Waals surface area contributed by atoms with Crippen LogP contribution in [0.2, 0.25) is 0 Å². The summed E-state index contributed by atoms with van der Waals surface area (Å²) in [5, 5.41) is 3.93. The van der Waals surface area contributed by atoms with Gasteiger partial charge in [0.05, 0.1) is 0 Å². The van der Waals surface area contributed by atoms with E-state index in [0.717, 1.165) is 5.56 Å². The number of rotatable bonds is 3. The molecule has 0 bridgehead atoms. The molecule has 100 valence electrons. The van der Waals surface area contributed by atoms with Crippen LogP contribution in [0.4, 0.5) is 5.95 Å². The van der Waals surface area contributed by atoms with Gasteiger partial charge in [-0.3, -0.25) is 0 Å². The predicted octanol–water partition coefficient (Wildman–Crippen LogP) is 1.14. The van der Waals surface area contributed by atoms with Gasteiger partial charge in [-0.1, -0.05) is 12.1 Å². The van der Waals surface area contributed by atoms with Crippen LogP contribution in [0.5, 0.6) is 11.8 Å². The minimum absolute atomic E-state index is 0.0492. The van der Waals surface area contributed by atoms with E-state index in [1.165, 1.54) is 17.3 Å². The molecular formula is C12H11N7O. The van der Waals surface area contributed by atoms with Crippen molar-refractivity contribution in [3.8, 4) is 17.7 Å². The van der Waals surface area contributed by atoms with Gasteiger partial charge >= 0.3 is 6.01 Å². The van der Waals surface area contributed by atoms with Crippen LogP contribution in [0.25, 0.3) is 5.95 Å². The first-order valence-corrected chi connectivity index (χ1v) is 5.82. The SMILES string of the molecule is Cc1cccc(Oc2nc(N)nc(-n3cncn3)n2)c1. The molecule has 0 aliphatic rings. The van der Waals surface area contributed by atoms with Gasteiger partial charge in [-0.25, -0.2) is 4.98 Å². The van der Waals surface area contributed by atoms with Crippen LogP contribution in [0.1, 0.15) is 5.56 Å². The maximum atomic E-state index is 5.65. The van der Waals surface area contributed by atoms with Crippen molar-refractivity contribution in [1.82, 2.24) is 29.7 Å². The van der Waals surface area contributed by atoms with Crippen LogP contribution in [0, 0.1) is 6.92 Å². The molecule has 2 heterocycles. The molecule has 0 spiro atoms. The van der Waals surface area contributed by atoms with E-state index in [0.29, 0.717) is 5.75 Å². The van der Waals surface area contributed by atoms with E-state index in [4.69, 9.17) is 10.5 Å². The minimum atomic E-state index is 0.0492. The lowest BCUT2D eigenvalue weighted by atomic mass is 10.2. The number of nitrogens with zero attached hydrogens (tertiary/aromatic N) is 6. The first-order chi connectivity index (χ1) is 9.70. The fraction of sp³-hybridized carbons (Fsp3) is 0.0833. The summed E-state index contributed by atoms with van der Waals surface area (Å²) in [7, 11) is 0. The highest BCUT2D eigenvalue weighted by atomic mass is 16.5. The number of anilines is 1. The van der Waals surface area contributed by atoms with Crippen molar-refractivity contribution in [3.05, 3.63) is 42.5 Å². The monoisotopic (exact) mass is 269 g/mol. The summed E-state index contributed by atoms with van der Waals surface area (Å²) in [6.45, 7) is 1.97. The maximum Gasteiger partial charge on any atom is 0.328 e. The number of aromatic nitrogens is 6. The van der Waals surface area contributed by atoms with Gasteiger partial charge in [0.2, 0.25) is 5.95 Å². The highest BCUT2D eigenvalue weighted by Gasteiger charge is 2.09. The molecular weight excluding hydrogens is 258 g/mol. The fourth-order valence-electron chi connectivity index (χ4n) is 1.60.